The fraction of sp³-hybridized carbons (Fsp3) is 0.364. The molecular weight excluding hydrogens is 412 g/mol. The first-order chi connectivity index (χ1) is 14.0. The zero-order chi connectivity index (χ0) is 22.6. The molecule has 1 unspecified atom stereocenters. The molecule has 8 heteroatoms. The van der Waals surface area contributed by atoms with Gasteiger partial charge in [0.05, 0.1) is 6.04 Å². The summed E-state index contributed by atoms with van der Waals surface area (Å²) in [4.78, 5) is 18.4. The van der Waals surface area contributed by atoms with Crippen LogP contribution in [0.2, 0.25) is 0 Å². The van der Waals surface area contributed by atoms with E-state index in [9.17, 15) is 18.0 Å². The van der Waals surface area contributed by atoms with E-state index in [1.165, 1.54) is 9.24 Å². The number of ether oxygens (including phenoxy) is 1. The number of nitrogens with zero attached hydrogens (tertiary/aromatic N) is 2. The summed E-state index contributed by atoms with van der Waals surface area (Å²) in [7, 11) is 1.33. The van der Waals surface area contributed by atoms with Crippen molar-refractivity contribution in [2.24, 2.45) is 0 Å². The lowest BCUT2D eigenvalue weighted by Gasteiger charge is -2.29. The summed E-state index contributed by atoms with van der Waals surface area (Å²) in [6, 6.07) is 5.75. The predicted octanol–water partition coefficient (Wildman–Crippen LogP) is 5.42. The van der Waals surface area contributed by atoms with Crippen LogP contribution in [0.3, 0.4) is 0 Å². The van der Waals surface area contributed by atoms with Crippen LogP contribution in [0.4, 0.5) is 13.2 Å². The normalized spacial score (nSPS) is 12.4. The van der Waals surface area contributed by atoms with Crippen molar-refractivity contribution < 1.29 is 22.7 Å². The maximum absolute atomic E-state index is 14.1. The Kier molecular flexibility index (Phi) is 7.64. The Labute approximate surface area is 177 Å². The SMILES string of the molecule is C=C(C)c1c(C)cccc1C(=O)N(CC)[C@@H](C)COc1ncc(C(F)(F)P)cc1F. The Morgan fingerprint density at radius 3 is 2.60 bits per heavy atom. The van der Waals surface area contributed by atoms with Crippen molar-refractivity contribution in [3.05, 3.63) is 65.1 Å². The topological polar surface area (TPSA) is 42.4 Å². The number of alkyl halides is 2. The Morgan fingerprint density at radius 1 is 1.40 bits per heavy atom. The van der Waals surface area contributed by atoms with E-state index in [4.69, 9.17) is 4.74 Å². The van der Waals surface area contributed by atoms with E-state index in [0.717, 1.165) is 22.9 Å². The molecule has 1 amide bonds. The molecule has 0 saturated carbocycles. The molecular formula is C22H26F3N2O2P. The van der Waals surface area contributed by atoms with Crippen molar-refractivity contribution in [1.29, 1.82) is 0 Å². The fourth-order valence-corrected chi connectivity index (χ4v) is 3.38. The Balaban J connectivity index is 2.18. The predicted molar refractivity (Wildman–Crippen MR) is 115 cm³/mol. The first kappa shape index (κ1) is 23.9. The van der Waals surface area contributed by atoms with E-state index in [1.54, 1.807) is 17.9 Å². The molecule has 162 valence electrons. The molecule has 2 rings (SSSR count). The average Bonchev–Trinajstić information content (AvgIpc) is 2.66. The van der Waals surface area contributed by atoms with E-state index < -0.39 is 23.1 Å². The van der Waals surface area contributed by atoms with Crippen molar-refractivity contribution in [3.8, 4) is 5.88 Å². The second-order valence-electron chi connectivity index (χ2n) is 7.16. The Bertz CT molecular complexity index is 944. The molecule has 2 atom stereocenters. The highest BCUT2D eigenvalue weighted by Crippen LogP contribution is 2.35. The molecule has 0 bridgehead atoms. The number of rotatable bonds is 8. The molecule has 0 aliphatic carbocycles. The van der Waals surface area contributed by atoms with E-state index in [1.807, 2.05) is 32.9 Å². The third-order valence-electron chi connectivity index (χ3n) is 4.72. The molecule has 0 saturated heterocycles. The second-order valence-corrected chi connectivity index (χ2v) is 7.89. The number of pyridine rings is 1. The number of carbonyl (C=O) groups excluding carboxylic acids is 1. The van der Waals surface area contributed by atoms with Gasteiger partial charge in [0.25, 0.3) is 11.6 Å². The number of halogens is 3. The standard InChI is InChI=1S/C22H26F3N2O2P/c1-6-27(21(28)17-9-7-8-14(4)19(17)13(2)3)15(5)12-29-20-18(23)10-16(11-26-20)22(24,25)30/h7-11,15H,2,6,12,30H2,1,3-5H3/t15-/m0/s1. The van der Waals surface area contributed by atoms with Gasteiger partial charge in [-0.05, 0) is 51.0 Å². The van der Waals surface area contributed by atoms with Gasteiger partial charge in [-0.15, -0.1) is 0 Å². The summed E-state index contributed by atoms with van der Waals surface area (Å²) in [6.45, 7) is 11.7. The van der Waals surface area contributed by atoms with Gasteiger partial charge in [0.2, 0.25) is 5.88 Å². The summed E-state index contributed by atoms with van der Waals surface area (Å²) in [5.41, 5.74) is -0.773. The van der Waals surface area contributed by atoms with Crippen LogP contribution in [-0.2, 0) is 5.66 Å². The monoisotopic (exact) mass is 438 g/mol. The molecule has 4 nitrogen and oxygen atoms in total. The highest BCUT2D eigenvalue weighted by molar-refractivity contribution is 7.17. The third-order valence-corrected chi connectivity index (χ3v) is 5.05. The summed E-state index contributed by atoms with van der Waals surface area (Å²) < 4.78 is 46.0. The van der Waals surface area contributed by atoms with Gasteiger partial charge in [-0.1, -0.05) is 33.5 Å². The van der Waals surface area contributed by atoms with Crippen molar-refractivity contribution in [3.63, 3.8) is 0 Å². The van der Waals surface area contributed by atoms with Crippen molar-refractivity contribution in [2.75, 3.05) is 13.2 Å². The number of likely N-dealkylation sites (N-methyl/N-ethyl adjacent to an activating group) is 1. The summed E-state index contributed by atoms with van der Waals surface area (Å²) in [5.74, 6) is -1.57. The molecule has 0 aliphatic rings. The van der Waals surface area contributed by atoms with E-state index in [0.29, 0.717) is 18.2 Å². The number of hydrogen-bond donors (Lipinski definition) is 0. The number of carbonyl (C=O) groups is 1. The van der Waals surface area contributed by atoms with Crippen LogP contribution in [0.25, 0.3) is 5.57 Å². The molecule has 0 aliphatic heterocycles. The molecule has 1 aromatic carbocycles. The number of hydrogen-bond acceptors (Lipinski definition) is 3. The number of benzene rings is 1. The van der Waals surface area contributed by atoms with Crippen LogP contribution >= 0.6 is 9.24 Å². The lowest BCUT2D eigenvalue weighted by atomic mass is 9.95. The minimum absolute atomic E-state index is 0.0473. The van der Waals surface area contributed by atoms with Crippen LogP contribution in [0.5, 0.6) is 5.88 Å². The van der Waals surface area contributed by atoms with Gasteiger partial charge in [-0.3, -0.25) is 4.79 Å². The Morgan fingerprint density at radius 2 is 2.07 bits per heavy atom. The third kappa shape index (κ3) is 5.39. The van der Waals surface area contributed by atoms with Gasteiger partial charge < -0.3 is 9.64 Å². The molecule has 0 fully saturated rings. The van der Waals surface area contributed by atoms with E-state index in [2.05, 4.69) is 11.6 Å². The van der Waals surface area contributed by atoms with Gasteiger partial charge in [0, 0.05) is 23.9 Å². The zero-order valence-corrected chi connectivity index (χ0v) is 18.7. The lowest BCUT2D eigenvalue weighted by molar-refractivity contribution is 0.0642. The number of amides is 1. The number of aromatic nitrogens is 1. The highest BCUT2D eigenvalue weighted by atomic mass is 31.0. The van der Waals surface area contributed by atoms with Crippen molar-refractivity contribution in [2.45, 2.75) is 39.4 Å². The smallest absolute Gasteiger partial charge is 0.285 e. The van der Waals surface area contributed by atoms with Gasteiger partial charge in [-0.2, -0.15) is 8.78 Å². The van der Waals surface area contributed by atoms with Crippen molar-refractivity contribution >= 4 is 20.7 Å². The second kappa shape index (κ2) is 9.61. The van der Waals surface area contributed by atoms with Crippen LogP contribution in [0, 0.1) is 12.7 Å². The van der Waals surface area contributed by atoms with Gasteiger partial charge in [-0.25, -0.2) is 9.37 Å². The lowest BCUT2D eigenvalue weighted by Crippen LogP contribution is -2.42. The van der Waals surface area contributed by atoms with Gasteiger partial charge >= 0.3 is 0 Å². The zero-order valence-electron chi connectivity index (χ0n) is 17.5. The van der Waals surface area contributed by atoms with Gasteiger partial charge in [0.1, 0.15) is 6.61 Å². The molecule has 1 heterocycles. The highest BCUT2D eigenvalue weighted by Gasteiger charge is 2.27. The molecule has 30 heavy (non-hydrogen) atoms. The maximum atomic E-state index is 14.1. The summed E-state index contributed by atoms with van der Waals surface area (Å²) >= 11 is 0. The number of aryl methyl sites for hydroxylation is 1. The van der Waals surface area contributed by atoms with Crippen LogP contribution in [0.15, 0.2) is 37.0 Å². The number of allylic oxidation sites excluding steroid dienone is 1. The van der Waals surface area contributed by atoms with E-state index in [-0.39, 0.29) is 18.4 Å². The molecule has 1 aromatic heterocycles. The molecule has 0 radical (unpaired) electrons. The fourth-order valence-electron chi connectivity index (χ4n) is 3.23. The minimum atomic E-state index is -3.28. The Hall–Kier alpha value is -2.40. The quantitative estimate of drug-likeness (QED) is 0.517. The van der Waals surface area contributed by atoms with Crippen molar-refractivity contribution in [1.82, 2.24) is 9.88 Å². The molecule has 0 spiro atoms. The average molecular weight is 438 g/mol. The first-order valence-corrected chi connectivity index (χ1v) is 10.1. The van der Waals surface area contributed by atoms with Crippen LogP contribution in [-0.4, -0.2) is 35.0 Å². The first-order valence-electron chi connectivity index (χ1n) is 9.49. The summed E-state index contributed by atoms with van der Waals surface area (Å²) in [6.07, 6.45) is 0.866. The van der Waals surface area contributed by atoms with E-state index >= 15 is 0 Å². The van der Waals surface area contributed by atoms with Crippen LogP contribution in [0.1, 0.15) is 47.8 Å². The molecule has 2 aromatic rings. The molecule has 0 N–H and O–H groups in total. The van der Waals surface area contributed by atoms with Crippen LogP contribution < -0.4 is 4.74 Å². The largest absolute Gasteiger partial charge is 0.473 e. The summed E-state index contributed by atoms with van der Waals surface area (Å²) in [5, 5.41) is 0. The maximum Gasteiger partial charge on any atom is 0.285 e. The van der Waals surface area contributed by atoms with Gasteiger partial charge in [0.15, 0.2) is 5.82 Å². The minimum Gasteiger partial charge on any atom is -0.473 e.